The Morgan fingerprint density at radius 1 is 1.19 bits per heavy atom. The van der Waals surface area contributed by atoms with E-state index in [1.807, 2.05) is 10.7 Å². The summed E-state index contributed by atoms with van der Waals surface area (Å²) in [6.45, 7) is 1.37. The van der Waals surface area contributed by atoms with E-state index in [4.69, 9.17) is 5.73 Å². The first-order chi connectivity index (χ1) is 7.90. The molecule has 0 aliphatic rings. The molecular weight excluding hydrogens is 200 g/mol. The van der Waals surface area contributed by atoms with Crippen molar-refractivity contribution < 1.29 is 0 Å². The smallest absolute Gasteiger partial charge is 0.0738 e. The van der Waals surface area contributed by atoms with Gasteiger partial charge in [-0.15, -0.1) is 5.10 Å². The van der Waals surface area contributed by atoms with Gasteiger partial charge in [0, 0.05) is 13.1 Å². The molecule has 0 saturated heterocycles. The summed E-state index contributed by atoms with van der Waals surface area (Å²) in [6.07, 6.45) is 3.84. The van der Waals surface area contributed by atoms with Crippen molar-refractivity contribution in [1.29, 1.82) is 0 Å². The van der Waals surface area contributed by atoms with E-state index in [1.54, 1.807) is 6.20 Å². The minimum Gasteiger partial charge on any atom is -0.325 e. The number of nitrogens with zero attached hydrogens (tertiary/aromatic N) is 3. The fourth-order valence-electron chi connectivity index (χ4n) is 1.70. The van der Waals surface area contributed by atoms with Crippen LogP contribution in [0.3, 0.4) is 0 Å². The first-order valence-corrected chi connectivity index (χ1v) is 5.51. The Kier molecular flexibility index (Phi) is 3.66. The summed E-state index contributed by atoms with van der Waals surface area (Å²) in [5.74, 6) is 0. The summed E-state index contributed by atoms with van der Waals surface area (Å²) < 4.78 is 1.88. The van der Waals surface area contributed by atoms with Crippen LogP contribution in [0.2, 0.25) is 0 Å². The summed E-state index contributed by atoms with van der Waals surface area (Å²) >= 11 is 0. The maximum Gasteiger partial charge on any atom is 0.0738 e. The van der Waals surface area contributed by atoms with Crippen LogP contribution in [-0.2, 0) is 19.5 Å². The average Bonchev–Trinajstić information content (AvgIpc) is 2.78. The van der Waals surface area contributed by atoms with E-state index in [0.717, 1.165) is 25.1 Å². The minimum absolute atomic E-state index is 0.498. The zero-order chi connectivity index (χ0) is 11.2. The first-order valence-electron chi connectivity index (χ1n) is 5.51. The van der Waals surface area contributed by atoms with Gasteiger partial charge < -0.3 is 5.73 Å². The molecule has 1 heterocycles. The molecule has 0 fully saturated rings. The number of hydrogen-bond acceptors (Lipinski definition) is 3. The standard InChI is InChI=1S/C12H16N4/c13-9-12-10-14-15-16(12)8-4-7-11-5-2-1-3-6-11/h1-3,5-6,10H,4,7-9,13H2. The predicted octanol–water partition coefficient (Wildman–Crippen LogP) is 1.37. The minimum atomic E-state index is 0.498. The fraction of sp³-hybridized carbons (Fsp3) is 0.333. The Morgan fingerprint density at radius 2 is 2.00 bits per heavy atom. The lowest BCUT2D eigenvalue weighted by Gasteiger charge is -2.04. The Bertz CT molecular complexity index is 422. The van der Waals surface area contributed by atoms with Crippen LogP contribution in [-0.4, -0.2) is 15.0 Å². The predicted molar refractivity (Wildman–Crippen MR) is 62.7 cm³/mol. The Labute approximate surface area is 95.1 Å². The molecule has 0 aliphatic heterocycles. The molecule has 0 saturated carbocycles. The van der Waals surface area contributed by atoms with Crippen molar-refractivity contribution in [3.05, 3.63) is 47.8 Å². The second kappa shape index (κ2) is 5.42. The Hall–Kier alpha value is -1.68. The van der Waals surface area contributed by atoms with Gasteiger partial charge in [-0.25, -0.2) is 4.68 Å². The van der Waals surface area contributed by atoms with Crippen molar-refractivity contribution in [3.8, 4) is 0 Å². The number of hydrogen-bond donors (Lipinski definition) is 1. The van der Waals surface area contributed by atoms with Crippen LogP contribution >= 0.6 is 0 Å². The van der Waals surface area contributed by atoms with Crippen LogP contribution in [0.15, 0.2) is 36.5 Å². The van der Waals surface area contributed by atoms with Gasteiger partial charge in [-0.2, -0.15) is 0 Å². The van der Waals surface area contributed by atoms with Crippen molar-refractivity contribution in [2.75, 3.05) is 0 Å². The second-order valence-corrected chi connectivity index (χ2v) is 3.74. The van der Waals surface area contributed by atoms with Crippen molar-refractivity contribution in [2.45, 2.75) is 25.9 Å². The zero-order valence-electron chi connectivity index (χ0n) is 9.21. The van der Waals surface area contributed by atoms with Crippen LogP contribution in [0, 0.1) is 0 Å². The fourth-order valence-corrected chi connectivity index (χ4v) is 1.70. The molecule has 0 amide bonds. The highest BCUT2D eigenvalue weighted by molar-refractivity contribution is 5.14. The lowest BCUT2D eigenvalue weighted by Crippen LogP contribution is -2.09. The van der Waals surface area contributed by atoms with E-state index in [2.05, 4.69) is 34.6 Å². The molecule has 4 heteroatoms. The summed E-state index contributed by atoms with van der Waals surface area (Å²) in [4.78, 5) is 0. The van der Waals surface area contributed by atoms with Crippen molar-refractivity contribution in [3.63, 3.8) is 0 Å². The topological polar surface area (TPSA) is 56.7 Å². The molecule has 0 atom stereocenters. The molecule has 0 unspecified atom stereocenters. The zero-order valence-corrected chi connectivity index (χ0v) is 9.21. The lowest BCUT2D eigenvalue weighted by atomic mass is 10.1. The number of aryl methyl sites for hydroxylation is 2. The number of aromatic nitrogens is 3. The van der Waals surface area contributed by atoms with E-state index < -0.39 is 0 Å². The third-order valence-electron chi connectivity index (χ3n) is 2.59. The average molecular weight is 216 g/mol. The maximum atomic E-state index is 5.58. The second-order valence-electron chi connectivity index (χ2n) is 3.74. The molecule has 2 rings (SSSR count). The lowest BCUT2D eigenvalue weighted by molar-refractivity contribution is 0.538. The monoisotopic (exact) mass is 216 g/mol. The van der Waals surface area contributed by atoms with Crippen molar-refractivity contribution in [2.24, 2.45) is 5.73 Å². The van der Waals surface area contributed by atoms with Crippen molar-refractivity contribution >= 4 is 0 Å². The van der Waals surface area contributed by atoms with Crippen molar-refractivity contribution in [1.82, 2.24) is 15.0 Å². The molecule has 0 radical (unpaired) electrons. The molecule has 1 aromatic heterocycles. The molecule has 0 spiro atoms. The number of rotatable bonds is 5. The molecule has 84 valence electrons. The number of nitrogens with two attached hydrogens (primary N) is 1. The van der Waals surface area contributed by atoms with Gasteiger partial charge >= 0.3 is 0 Å². The molecule has 2 aromatic rings. The molecule has 0 aliphatic carbocycles. The summed E-state index contributed by atoms with van der Waals surface area (Å²) in [5, 5.41) is 7.86. The SMILES string of the molecule is NCc1cnnn1CCCc1ccccc1. The molecule has 16 heavy (non-hydrogen) atoms. The Morgan fingerprint density at radius 3 is 2.75 bits per heavy atom. The summed E-state index contributed by atoms with van der Waals surface area (Å²) in [5.41, 5.74) is 7.93. The highest BCUT2D eigenvalue weighted by Gasteiger charge is 2.01. The quantitative estimate of drug-likeness (QED) is 0.821. The van der Waals surface area contributed by atoms with E-state index in [-0.39, 0.29) is 0 Å². The summed E-state index contributed by atoms with van der Waals surface area (Å²) in [7, 11) is 0. The number of benzene rings is 1. The van der Waals surface area contributed by atoms with E-state index in [0.29, 0.717) is 6.54 Å². The third kappa shape index (κ3) is 2.67. The van der Waals surface area contributed by atoms with E-state index in [1.165, 1.54) is 5.56 Å². The largest absolute Gasteiger partial charge is 0.325 e. The summed E-state index contributed by atoms with van der Waals surface area (Å²) in [6, 6.07) is 10.5. The molecule has 4 nitrogen and oxygen atoms in total. The first kappa shape index (κ1) is 10.8. The van der Waals surface area contributed by atoms with Gasteiger partial charge in [0.1, 0.15) is 0 Å². The normalized spacial score (nSPS) is 10.6. The van der Waals surface area contributed by atoms with Gasteiger partial charge in [0.05, 0.1) is 11.9 Å². The van der Waals surface area contributed by atoms with Crippen LogP contribution in [0.25, 0.3) is 0 Å². The van der Waals surface area contributed by atoms with Gasteiger partial charge in [-0.05, 0) is 18.4 Å². The van der Waals surface area contributed by atoms with Crippen LogP contribution in [0.4, 0.5) is 0 Å². The van der Waals surface area contributed by atoms with Gasteiger partial charge in [-0.1, -0.05) is 35.5 Å². The van der Waals surface area contributed by atoms with Crippen LogP contribution < -0.4 is 5.73 Å². The molecule has 2 N–H and O–H groups in total. The third-order valence-corrected chi connectivity index (χ3v) is 2.59. The molecule has 0 bridgehead atoms. The van der Waals surface area contributed by atoms with Crippen LogP contribution in [0.1, 0.15) is 17.7 Å². The molecule has 1 aromatic carbocycles. The van der Waals surface area contributed by atoms with Gasteiger partial charge in [0.25, 0.3) is 0 Å². The Balaban J connectivity index is 1.85. The van der Waals surface area contributed by atoms with E-state index in [9.17, 15) is 0 Å². The van der Waals surface area contributed by atoms with E-state index >= 15 is 0 Å². The van der Waals surface area contributed by atoms with Gasteiger partial charge in [0.15, 0.2) is 0 Å². The highest BCUT2D eigenvalue weighted by atomic mass is 15.4. The van der Waals surface area contributed by atoms with Gasteiger partial charge in [0.2, 0.25) is 0 Å². The molecular formula is C12H16N4. The highest BCUT2D eigenvalue weighted by Crippen LogP contribution is 2.04. The maximum absolute atomic E-state index is 5.58. The van der Waals surface area contributed by atoms with Crippen LogP contribution in [0.5, 0.6) is 0 Å². The van der Waals surface area contributed by atoms with Gasteiger partial charge in [-0.3, -0.25) is 0 Å².